The number of likely N-dealkylation sites (tertiary alicyclic amines) is 1. The van der Waals surface area contributed by atoms with Gasteiger partial charge in [0.15, 0.2) is 0 Å². The molecule has 0 aliphatic carbocycles. The average molecular weight is 230 g/mol. The maximum Gasteiger partial charge on any atom is 0.144 e. The zero-order valence-electron chi connectivity index (χ0n) is 10.0. The molecule has 1 aliphatic heterocycles. The largest absolute Gasteiger partial charge is 0.311 e. The number of nitrogens with one attached hydrogen (secondary N) is 1. The predicted molar refractivity (Wildman–Crippen MR) is 66.3 cm³/mol. The van der Waals surface area contributed by atoms with E-state index < -0.39 is 0 Å². The molecular weight excluding hydrogens is 212 g/mol. The summed E-state index contributed by atoms with van der Waals surface area (Å²) in [4.78, 5) is 6.52. The lowest BCUT2D eigenvalue weighted by Crippen LogP contribution is -2.29. The molecule has 90 valence electrons. The molecule has 1 aromatic heterocycles. The van der Waals surface area contributed by atoms with Gasteiger partial charge in [0.25, 0.3) is 0 Å². The van der Waals surface area contributed by atoms with Crippen LogP contribution in [0.1, 0.15) is 24.1 Å². The first-order valence-corrected chi connectivity index (χ1v) is 6.17. The summed E-state index contributed by atoms with van der Waals surface area (Å²) in [5.74, 6) is 0. The van der Waals surface area contributed by atoms with Crippen molar-refractivity contribution in [3.8, 4) is 6.07 Å². The Morgan fingerprint density at radius 3 is 3.00 bits per heavy atom. The van der Waals surface area contributed by atoms with Crippen molar-refractivity contribution in [2.45, 2.75) is 19.4 Å². The number of hydrogen-bond donors (Lipinski definition) is 1. The van der Waals surface area contributed by atoms with E-state index in [9.17, 15) is 0 Å². The Morgan fingerprint density at radius 1 is 1.41 bits per heavy atom. The summed E-state index contributed by atoms with van der Waals surface area (Å²) in [7, 11) is 0. The molecule has 0 atom stereocenters. The number of rotatable bonds is 5. The second-order valence-electron chi connectivity index (χ2n) is 4.35. The molecule has 0 unspecified atom stereocenters. The Kier molecular flexibility index (Phi) is 4.48. The minimum atomic E-state index is 0.529. The van der Waals surface area contributed by atoms with Crippen molar-refractivity contribution < 1.29 is 0 Å². The van der Waals surface area contributed by atoms with Crippen LogP contribution in [0, 0.1) is 11.3 Å². The monoisotopic (exact) mass is 230 g/mol. The number of aromatic nitrogens is 1. The number of nitriles is 1. The maximum absolute atomic E-state index is 8.90. The van der Waals surface area contributed by atoms with Crippen molar-refractivity contribution in [2.24, 2.45) is 0 Å². The molecule has 0 radical (unpaired) electrons. The van der Waals surface area contributed by atoms with E-state index in [-0.39, 0.29) is 0 Å². The van der Waals surface area contributed by atoms with E-state index in [1.165, 1.54) is 25.9 Å². The van der Waals surface area contributed by atoms with Gasteiger partial charge in [-0.25, -0.2) is 4.98 Å². The standard InChI is InChI=1S/C13H18N4/c14-10-13-12(4-3-5-16-13)11-15-6-9-17-7-1-2-8-17/h3-5,15H,1-2,6-9,11H2. The molecule has 1 saturated heterocycles. The molecule has 0 saturated carbocycles. The molecule has 4 heteroatoms. The average Bonchev–Trinajstić information content (AvgIpc) is 2.88. The van der Waals surface area contributed by atoms with Gasteiger partial charge in [0.2, 0.25) is 0 Å². The lowest BCUT2D eigenvalue weighted by molar-refractivity contribution is 0.335. The fraction of sp³-hybridized carbons (Fsp3) is 0.538. The molecule has 0 aromatic carbocycles. The third-order valence-electron chi connectivity index (χ3n) is 3.12. The Morgan fingerprint density at radius 2 is 2.24 bits per heavy atom. The zero-order chi connectivity index (χ0) is 11.9. The topological polar surface area (TPSA) is 52.0 Å². The first-order valence-electron chi connectivity index (χ1n) is 6.17. The van der Waals surface area contributed by atoms with E-state index in [0.29, 0.717) is 5.69 Å². The number of nitrogens with zero attached hydrogens (tertiary/aromatic N) is 3. The van der Waals surface area contributed by atoms with Gasteiger partial charge in [-0.15, -0.1) is 0 Å². The lowest BCUT2D eigenvalue weighted by atomic mass is 10.2. The molecule has 1 fully saturated rings. The van der Waals surface area contributed by atoms with Crippen molar-refractivity contribution in [1.29, 1.82) is 5.26 Å². The summed E-state index contributed by atoms with van der Waals surface area (Å²) >= 11 is 0. The minimum Gasteiger partial charge on any atom is -0.311 e. The fourth-order valence-corrected chi connectivity index (χ4v) is 2.15. The van der Waals surface area contributed by atoms with Gasteiger partial charge in [-0.05, 0) is 32.0 Å². The quantitative estimate of drug-likeness (QED) is 0.771. The number of pyridine rings is 1. The van der Waals surface area contributed by atoms with Crippen LogP contribution < -0.4 is 5.32 Å². The van der Waals surface area contributed by atoms with Crippen LogP contribution in [0.15, 0.2) is 18.3 Å². The molecular formula is C13H18N4. The summed E-state index contributed by atoms with van der Waals surface area (Å²) < 4.78 is 0. The molecule has 1 N–H and O–H groups in total. The van der Waals surface area contributed by atoms with Crippen LogP contribution in [0.25, 0.3) is 0 Å². The van der Waals surface area contributed by atoms with E-state index in [4.69, 9.17) is 5.26 Å². The molecule has 1 aliphatic rings. The van der Waals surface area contributed by atoms with Crippen LogP contribution in [0.4, 0.5) is 0 Å². The molecule has 0 spiro atoms. The van der Waals surface area contributed by atoms with Gasteiger partial charge in [-0.1, -0.05) is 6.07 Å². The van der Waals surface area contributed by atoms with Crippen molar-refractivity contribution in [1.82, 2.24) is 15.2 Å². The van der Waals surface area contributed by atoms with Crippen LogP contribution in [0.2, 0.25) is 0 Å². The molecule has 17 heavy (non-hydrogen) atoms. The number of hydrogen-bond acceptors (Lipinski definition) is 4. The normalized spacial score (nSPS) is 15.9. The Labute approximate surface area is 102 Å². The SMILES string of the molecule is N#Cc1ncccc1CNCCN1CCCC1. The van der Waals surface area contributed by atoms with Gasteiger partial charge >= 0.3 is 0 Å². The van der Waals surface area contributed by atoms with Crippen molar-refractivity contribution in [3.63, 3.8) is 0 Å². The van der Waals surface area contributed by atoms with Crippen molar-refractivity contribution >= 4 is 0 Å². The van der Waals surface area contributed by atoms with E-state index in [1.807, 2.05) is 12.1 Å². The first-order chi connectivity index (χ1) is 8.40. The summed E-state index contributed by atoms with van der Waals surface area (Å²) in [6.45, 7) is 5.27. The summed E-state index contributed by atoms with van der Waals surface area (Å²) in [6.07, 6.45) is 4.33. The van der Waals surface area contributed by atoms with Gasteiger partial charge in [-0.3, -0.25) is 0 Å². The molecule has 2 heterocycles. The van der Waals surface area contributed by atoms with Gasteiger partial charge in [0, 0.05) is 31.4 Å². The lowest BCUT2D eigenvalue weighted by Gasteiger charge is -2.14. The summed E-state index contributed by atoms with van der Waals surface area (Å²) in [5, 5.41) is 12.3. The highest BCUT2D eigenvalue weighted by atomic mass is 15.1. The van der Waals surface area contributed by atoms with Gasteiger partial charge in [0.1, 0.15) is 11.8 Å². The van der Waals surface area contributed by atoms with Crippen LogP contribution in [0.3, 0.4) is 0 Å². The van der Waals surface area contributed by atoms with Crippen molar-refractivity contribution in [3.05, 3.63) is 29.6 Å². The highest BCUT2D eigenvalue weighted by molar-refractivity contribution is 5.30. The second-order valence-corrected chi connectivity index (χ2v) is 4.35. The molecule has 0 bridgehead atoms. The Hall–Kier alpha value is -1.44. The first kappa shape index (κ1) is 12.0. The fourth-order valence-electron chi connectivity index (χ4n) is 2.15. The third-order valence-corrected chi connectivity index (χ3v) is 3.12. The van der Waals surface area contributed by atoms with E-state index in [1.54, 1.807) is 6.20 Å². The second kappa shape index (κ2) is 6.33. The Balaban J connectivity index is 1.72. The van der Waals surface area contributed by atoms with Crippen LogP contribution in [0.5, 0.6) is 0 Å². The minimum absolute atomic E-state index is 0.529. The van der Waals surface area contributed by atoms with E-state index >= 15 is 0 Å². The summed E-state index contributed by atoms with van der Waals surface area (Å²) in [6, 6.07) is 5.94. The maximum atomic E-state index is 8.90. The smallest absolute Gasteiger partial charge is 0.144 e. The highest BCUT2D eigenvalue weighted by Crippen LogP contribution is 2.06. The molecule has 1 aromatic rings. The molecule has 0 amide bonds. The van der Waals surface area contributed by atoms with E-state index in [2.05, 4.69) is 21.3 Å². The predicted octanol–water partition coefficient (Wildman–Crippen LogP) is 1.14. The Bertz CT molecular complexity index is 391. The van der Waals surface area contributed by atoms with E-state index in [0.717, 1.165) is 25.2 Å². The van der Waals surface area contributed by atoms with Gasteiger partial charge in [-0.2, -0.15) is 5.26 Å². The van der Waals surface area contributed by atoms with Crippen LogP contribution in [-0.4, -0.2) is 36.1 Å². The van der Waals surface area contributed by atoms with Crippen LogP contribution in [-0.2, 0) is 6.54 Å². The summed E-state index contributed by atoms with van der Waals surface area (Å²) in [5.41, 5.74) is 1.51. The van der Waals surface area contributed by atoms with Gasteiger partial charge in [0.05, 0.1) is 0 Å². The molecule has 4 nitrogen and oxygen atoms in total. The van der Waals surface area contributed by atoms with Gasteiger partial charge < -0.3 is 10.2 Å². The zero-order valence-corrected chi connectivity index (χ0v) is 10.0. The van der Waals surface area contributed by atoms with Crippen molar-refractivity contribution in [2.75, 3.05) is 26.2 Å². The van der Waals surface area contributed by atoms with Crippen LogP contribution >= 0.6 is 0 Å². The third kappa shape index (κ3) is 3.52. The molecule has 2 rings (SSSR count). The highest BCUT2D eigenvalue weighted by Gasteiger charge is 2.10.